The summed E-state index contributed by atoms with van der Waals surface area (Å²) >= 11 is 0. The number of pyridine rings is 1. The highest BCUT2D eigenvalue weighted by Gasteiger charge is 2.30. The summed E-state index contributed by atoms with van der Waals surface area (Å²) in [6.45, 7) is 0.111. The topological polar surface area (TPSA) is 158 Å². The number of benzene rings is 3. The molecule has 0 amide bonds. The maximum atomic E-state index is 14.0. The van der Waals surface area contributed by atoms with E-state index >= 15 is 0 Å². The van der Waals surface area contributed by atoms with Crippen molar-refractivity contribution >= 4 is 23.3 Å². The Morgan fingerprint density at radius 3 is 2.40 bits per heavy atom. The molecule has 3 aromatic carbocycles. The number of nitrogens with zero attached hydrogens (tertiary/aromatic N) is 4. The second-order valence-electron chi connectivity index (χ2n) is 8.99. The van der Waals surface area contributed by atoms with Gasteiger partial charge in [0.15, 0.2) is 6.19 Å². The molecule has 0 bridgehead atoms. The number of fused-ring (bicyclic) bond motifs is 1. The van der Waals surface area contributed by atoms with Gasteiger partial charge in [-0.05, 0) is 58.7 Å². The molecule has 0 saturated carbocycles. The van der Waals surface area contributed by atoms with Crippen molar-refractivity contribution in [3.05, 3.63) is 112 Å². The van der Waals surface area contributed by atoms with Crippen LogP contribution in [0.1, 0.15) is 39.4 Å². The first kappa shape index (κ1) is 25.9. The lowest BCUT2D eigenvalue weighted by Crippen LogP contribution is -2.32. The van der Waals surface area contributed by atoms with E-state index in [0.29, 0.717) is 40.0 Å². The van der Waals surface area contributed by atoms with Gasteiger partial charge in [-0.3, -0.25) is 5.32 Å². The average Bonchev–Trinajstić information content (AvgIpc) is 2.92. The van der Waals surface area contributed by atoms with E-state index in [0.717, 1.165) is 0 Å². The first-order chi connectivity index (χ1) is 19.4. The van der Waals surface area contributed by atoms with Gasteiger partial charge in [-0.25, -0.2) is 18.8 Å². The molecule has 1 aliphatic heterocycles. The summed E-state index contributed by atoms with van der Waals surface area (Å²) < 4.78 is 33.8. The Morgan fingerprint density at radius 1 is 0.975 bits per heavy atom. The predicted octanol–water partition coefficient (Wildman–Crippen LogP) is 4.51. The fourth-order valence-electron chi connectivity index (χ4n) is 4.53. The first-order valence-corrected chi connectivity index (χ1v) is 12.1. The van der Waals surface area contributed by atoms with Gasteiger partial charge in [0, 0.05) is 12.0 Å². The van der Waals surface area contributed by atoms with Crippen LogP contribution in [0.5, 0.6) is 5.75 Å². The molecular weight excluding hydrogens is 514 g/mol. The molecule has 198 valence electrons. The van der Waals surface area contributed by atoms with Crippen LogP contribution in [0.2, 0.25) is 0 Å². The zero-order valence-electron chi connectivity index (χ0n) is 21.0. The van der Waals surface area contributed by atoms with Gasteiger partial charge in [-0.15, -0.1) is 0 Å². The highest BCUT2D eigenvalue weighted by Crippen LogP contribution is 2.41. The van der Waals surface area contributed by atoms with Crippen LogP contribution in [0.25, 0.3) is 0 Å². The first-order valence-electron chi connectivity index (χ1n) is 12.1. The van der Waals surface area contributed by atoms with Gasteiger partial charge in [0.05, 0.1) is 5.69 Å². The van der Waals surface area contributed by atoms with Crippen molar-refractivity contribution in [3.63, 3.8) is 0 Å². The number of nitrogens with two attached hydrogens (primary N) is 2. The predicted molar refractivity (Wildman–Crippen MR) is 146 cm³/mol. The van der Waals surface area contributed by atoms with Gasteiger partial charge in [0.25, 0.3) is 0 Å². The molecule has 11 heteroatoms. The summed E-state index contributed by atoms with van der Waals surface area (Å²) in [5.74, 6) is 0.0756. The van der Waals surface area contributed by atoms with E-state index in [-0.39, 0.29) is 47.1 Å². The minimum Gasteiger partial charge on any atom is -0.489 e. The van der Waals surface area contributed by atoms with Crippen molar-refractivity contribution in [2.75, 3.05) is 16.8 Å². The van der Waals surface area contributed by atoms with Crippen LogP contribution in [0, 0.1) is 34.4 Å². The highest BCUT2D eigenvalue weighted by atomic mass is 19.1. The van der Waals surface area contributed by atoms with Crippen molar-refractivity contribution in [3.8, 4) is 18.0 Å². The molecule has 1 aliphatic rings. The zero-order valence-corrected chi connectivity index (χ0v) is 21.0. The number of nitriles is 2. The Bertz CT molecular complexity index is 1720. The minimum atomic E-state index is -0.768. The van der Waals surface area contributed by atoms with Crippen molar-refractivity contribution in [2.24, 2.45) is 4.99 Å². The lowest BCUT2D eigenvalue weighted by molar-refractivity contribution is 0.302. The number of halogens is 2. The molecule has 0 saturated heterocycles. The monoisotopic (exact) mass is 536 g/mol. The number of rotatable bonds is 6. The van der Waals surface area contributed by atoms with Gasteiger partial charge in [-0.2, -0.15) is 10.5 Å². The second kappa shape index (κ2) is 11.0. The third-order valence-electron chi connectivity index (χ3n) is 6.32. The molecule has 2 heterocycles. The van der Waals surface area contributed by atoms with Crippen LogP contribution < -0.4 is 26.8 Å². The Labute approximate surface area is 228 Å². The average molecular weight is 537 g/mol. The smallest absolute Gasteiger partial charge is 0.211 e. The number of ether oxygens (including phenoxy) is 1. The summed E-state index contributed by atoms with van der Waals surface area (Å²) in [5, 5.41) is 24.1. The Balaban J connectivity index is 1.60. The summed E-state index contributed by atoms with van der Waals surface area (Å²) in [5.41, 5.74) is 15.5. The molecule has 0 radical (unpaired) electrons. The van der Waals surface area contributed by atoms with Crippen LogP contribution in [0.15, 0.2) is 71.7 Å². The number of nitrogen functional groups attached to an aromatic ring is 2. The van der Waals surface area contributed by atoms with E-state index in [1.54, 1.807) is 36.4 Å². The van der Waals surface area contributed by atoms with E-state index < -0.39 is 6.04 Å². The molecule has 6 N–H and O–H groups in total. The van der Waals surface area contributed by atoms with Gasteiger partial charge >= 0.3 is 0 Å². The van der Waals surface area contributed by atoms with Crippen molar-refractivity contribution in [1.29, 1.82) is 10.5 Å². The van der Waals surface area contributed by atoms with Crippen molar-refractivity contribution < 1.29 is 13.5 Å². The number of hydrogen-bond donors (Lipinski definition) is 4. The summed E-state index contributed by atoms with van der Waals surface area (Å²) in [6, 6.07) is 18.9. The summed E-state index contributed by atoms with van der Waals surface area (Å²) in [7, 11) is 0. The van der Waals surface area contributed by atoms with E-state index in [9.17, 15) is 19.3 Å². The molecule has 0 aliphatic carbocycles. The zero-order chi connectivity index (χ0) is 28.2. The molecule has 1 unspecified atom stereocenters. The lowest BCUT2D eigenvalue weighted by Gasteiger charge is -2.26. The maximum Gasteiger partial charge on any atom is 0.211 e. The Kier molecular flexibility index (Phi) is 7.12. The molecule has 40 heavy (non-hydrogen) atoms. The van der Waals surface area contributed by atoms with Crippen LogP contribution in [0.4, 0.5) is 26.1 Å². The number of aliphatic imine (C=N–C) groups is 1. The normalized spacial score (nSPS) is 13.7. The fraction of sp³-hybridized carbons (Fsp3) is 0.103. The highest BCUT2D eigenvalue weighted by molar-refractivity contribution is 5.98. The number of nitrogens with one attached hydrogen (secondary N) is 2. The number of hydrogen-bond acceptors (Lipinski definition) is 9. The number of aromatic nitrogens is 1. The van der Waals surface area contributed by atoms with E-state index in [1.807, 2.05) is 18.3 Å². The van der Waals surface area contributed by atoms with Crippen LogP contribution in [-0.2, 0) is 13.0 Å². The molecule has 1 atom stereocenters. The van der Waals surface area contributed by atoms with Crippen LogP contribution in [-0.4, -0.2) is 10.9 Å². The SMILES string of the molecule is N#CNC1=NC(c2ccc(OCc3cccc(F)c3)c(Cc3cccc(F)c3)c2)c2c(nc(N)c(C#N)c2N)N1. The standard InChI is InChI=1S/C29H22F2N8O/c30-20-5-1-3-16(10-20)9-19-12-18(7-8-23(19)40-14-17-4-2-6-21(31)11-17)26-24-25(34)22(13-32)27(35)38-28(24)39-29(37-26)36-15-33/h1-8,10-12,26H,9,14H2,(H6,34,35,36,37,38,39). The van der Waals surface area contributed by atoms with Crippen molar-refractivity contribution in [2.45, 2.75) is 19.1 Å². The summed E-state index contributed by atoms with van der Waals surface area (Å²) in [6.07, 6.45) is 2.13. The van der Waals surface area contributed by atoms with Crippen LogP contribution in [0.3, 0.4) is 0 Å². The lowest BCUT2D eigenvalue weighted by atomic mass is 9.92. The largest absolute Gasteiger partial charge is 0.489 e. The Hall–Kier alpha value is -5.68. The van der Waals surface area contributed by atoms with Gasteiger partial charge < -0.3 is 21.5 Å². The molecule has 9 nitrogen and oxygen atoms in total. The fourth-order valence-corrected chi connectivity index (χ4v) is 4.53. The minimum absolute atomic E-state index is 0.0208. The molecule has 0 spiro atoms. The third kappa shape index (κ3) is 5.30. The van der Waals surface area contributed by atoms with Gasteiger partial charge in [0.2, 0.25) is 5.96 Å². The number of anilines is 3. The van der Waals surface area contributed by atoms with E-state index in [4.69, 9.17) is 16.2 Å². The maximum absolute atomic E-state index is 14.0. The summed E-state index contributed by atoms with van der Waals surface area (Å²) in [4.78, 5) is 8.88. The van der Waals surface area contributed by atoms with Gasteiger partial charge in [0.1, 0.15) is 53.3 Å². The van der Waals surface area contributed by atoms with E-state index in [2.05, 4.69) is 20.6 Å². The molecule has 1 aromatic heterocycles. The van der Waals surface area contributed by atoms with Crippen molar-refractivity contribution in [1.82, 2.24) is 10.3 Å². The molecule has 4 aromatic rings. The van der Waals surface area contributed by atoms with E-state index in [1.165, 1.54) is 24.3 Å². The molecular formula is C29H22F2N8O. The second-order valence-corrected chi connectivity index (χ2v) is 8.99. The number of guanidine groups is 1. The third-order valence-corrected chi connectivity index (χ3v) is 6.32. The Morgan fingerprint density at radius 2 is 1.70 bits per heavy atom. The molecule has 5 rings (SSSR count). The van der Waals surface area contributed by atoms with Crippen LogP contribution >= 0.6 is 0 Å². The quantitative estimate of drug-likeness (QED) is 0.207. The molecule has 0 fully saturated rings. The van der Waals surface area contributed by atoms with Gasteiger partial charge in [-0.1, -0.05) is 30.3 Å².